The number of ether oxygens (including phenoxy) is 2. The summed E-state index contributed by atoms with van der Waals surface area (Å²) in [4.78, 5) is 37.9. The van der Waals surface area contributed by atoms with E-state index < -0.39 is 0 Å². The van der Waals surface area contributed by atoms with Crippen LogP contribution in [0.1, 0.15) is 53.3 Å². The molecule has 0 fully saturated rings. The summed E-state index contributed by atoms with van der Waals surface area (Å²) in [6.07, 6.45) is 3.55. The maximum atomic E-state index is 12.4. The highest BCUT2D eigenvalue weighted by molar-refractivity contribution is 5.96. The van der Waals surface area contributed by atoms with E-state index in [0.29, 0.717) is 80.6 Å². The van der Waals surface area contributed by atoms with Crippen molar-refractivity contribution in [2.24, 2.45) is 0 Å². The summed E-state index contributed by atoms with van der Waals surface area (Å²) in [5.41, 5.74) is 2.70. The smallest absolute Gasteiger partial charge is 0.251 e. The van der Waals surface area contributed by atoms with Crippen LogP contribution in [0.15, 0.2) is 78.9 Å². The molecule has 0 spiro atoms. The number of ketones is 1. The molecule has 0 atom stereocenters. The average Bonchev–Trinajstić information content (AvgIpc) is 3.07. The highest BCUT2D eigenvalue weighted by atomic mass is 16.5. The topological polar surface area (TPSA) is 160 Å². The Labute approximate surface area is 269 Å². The minimum atomic E-state index is -0.132. The van der Waals surface area contributed by atoms with Crippen molar-refractivity contribution in [3.8, 4) is 5.75 Å². The van der Waals surface area contributed by atoms with Gasteiger partial charge >= 0.3 is 0 Å². The first-order valence-corrected chi connectivity index (χ1v) is 15.4. The molecule has 4 rings (SSSR count). The summed E-state index contributed by atoms with van der Waals surface area (Å²) in [5.74, 6) is 1.07. The van der Waals surface area contributed by atoms with E-state index in [0.717, 1.165) is 24.9 Å². The van der Waals surface area contributed by atoms with Gasteiger partial charge in [0.05, 0.1) is 26.4 Å². The molecule has 0 saturated heterocycles. The number of nitrogens with zero attached hydrogens (tertiary/aromatic N) is 3. The van der Waals surface area contributed by atoms with Gasteiger partial charge in [0, 0.05) is 42.0 Å². The van der Waals surface area contributed by atoms with Crippen molar-refractivity contribution in [3.63, 3.8) is 0 Å². The van der Waals surface area contributed by atoms with Crippen LogP contribution in [-0.2, 0) is 9.47 Å². The number of phenolic OH excluding ortho intramolecular Hbond substituents is 1. The first-order chi connectivity index (χ1) is 22.5. The Morgan fingerprint density at radius 1 is 0.674 bits per heavy atom. The first kappa shape index (κ1) is 33.8. The van der Waals surface area contributed by atoms with Crippen LogP contribution in [0.2, 0.25) is 0 Å². The van der Waals surface area contributed by atoms with Gasteiger partial charge in [-0.3, -0.25) is 9.59 Å². The second kappa shape index (κ2) is 18.7. The monoisotopic (exact) mass is 627 g/mol. The van der Waals surface area contributed by atoms with Crippen molar-refractivity contribution < 1.29 is 24.2 Å². The van der Waals surface area contributed by atoms with Crippen LogP contribution in [0.5, 0.6) is 5.75 Å². The largest absolute Gasteiger partial charge is 0.508 e. The minimum absolute atomic E-state index is 0.132. The van der Waals surface area contributed by atoms with Crippen molar-refractivity contribution in [2.45, 2.75) is 32.6 Å². The SMILES string of the molecule is CCCCCC(=O)c1ccc(Nc2nc(NCCOCCOCCNC(=O)c3ccccc3)nc(Nc3ccc(O)cc3)n2)cc1. The molecule has 242 valence electrons. The molecule has 0 bridgehead atoms. The zero-order valence-corrected chi connectivity index (χ0v) is 26.0. The number of benzene rings is 3. The Morgan fingerprint density at radius 2 is 1.26 bits per heavy atom. The Morgan fingerprint density at radius 3 is 1.89 bits per heavy atom. The maximum Gasteiger partial charge on any atom is 0.251 e. The van der Waals surface area contributed by atoms with E-state index in [1.54, 1.807) is 48.5 Å². The molecule has 1 heterocycles. The molecular formula is C34H41N7O5. The van der Waals surface area contributed by atoms with Crippen LogP contribution in [0.4, 0.5) is 29.2 Å². The van der Waals surface area contributed by atoms with E-state index in [9.17, 15) is 14.7 Å². The molecule has 46 heavy (non-hydrogen) atoms. The van der Waals surface area contributed by atoms with Crippen LogP contribution >= 0.6 is 0 Å². The number of carbonyl (C=O) groups excluding carboxylic acids is 2. The molecule has 0 saturated carbocycles. The number of anilines is 5. The Kier molecular flexibility index (Phi) is 13.7. The number of aromatic hydroxyl groups is 1. The maximum absolute atomic E-state index is 12.4. The van der Waals surface area contributed by atoms with Crippen molar-refractivity contribution in [1.82, 2.24) is 20.3 Å². The zero-order chi connectivity index (χ0) is 32.4. The van der Waals surface area contributed by atoms with Gasteiger partial charge in [-0.05, 0) is 67.1 Å². The average molecular weight is 628 g/mol. The highest BCUT2D eigenvalue weighted by Crippen LogP contribution is 2.21. The zero-order valence-electron chi connectivity index (χ0n) is 26.0. The van der Waals surface area contributed by atoms with Gasteiger partial charge < -0.3 is 35.8 Å². The fraction of sp³-hybridized carbons (Fsp3) is 0.324. The number of rotatable bonds is 20. The number of nitrogens with one attached hydrogen (secondary N) is 4. The molecule has 0 aliphatic carbocycles. The Bertz CT molecular complexity index is 1500. The van der Waals surface area contributed by atoms with Crippen LogP contribution in [0.3, 0.4) is 0 Å². The lowest BCUT2D eigenvalue weighted by molar-refractivity contribution is 0.0519. The molecule has 0 aliphatic heterocycles. The van der Waals surface area contributed by atoms with Crippen LogP contribution in [0.25, 0.3) is 0 Å². The van der Waals surface area contributed by atoms with Gasteiger partial charge in [-0.2, -0.15) is 15.0 Å². The first-order valence-electron chi connectivity index (χ1n) is 15.4. The fourth-order valence-electron chi connectivity index (χ4n) is 4.27. The normalized spacial score (nSPS) is 10.7. The van der Waals surface area contributed by atoms with Gasteiger partial charge in [0.1, 0.15) is 5.75 Å². The number of hydrogen-bond donors (Lipinski definition) is 5. The lowest BCUT2D eigenvalue weighted by atomic mass is 10.0. The molecular weight excluding hydrogens is 586 g/mol. The molecule has 5 N–H and O–H groups in total. The molecule has 4 aromatic rings. The second-order valence-corrected chi connectivity index (χ2v) is 10.3. The third-order valence-corrected chi connectivity index (χ3v) is 6.70. The van der Waals surface area contributed by atoms with Crippen LogP contribution in [-0.4, -0.2) is 71.3 Å². The van der Waals surface area contributed by atoms with Crippen molar-refractivity contribution in [3.05, 3.63) is 90.0 Å². The van der Waals surface area contributed by atoms with Crippen molar-refractivity contribution in [1.29, 1.82) is 0 Å². The van der Waals surface area contributed by atoms with Gasteiger partial charge in [0.15, 0.2) is 5.78 Å². The van der Waals surface area contributed by atoms with Gasteiger partial charge in [0.25, 0.3) is 5.91 Å². The predicted molar refractivity (Wildman–Crippen MR) is 178 cm³/mol. The second-order valence-electron chi connectivity index (χ2n) is 10.3. The predicted octanol–water partition coefficient (Wildman–Crippen LogP) is 5.70. The number of carbonyl (C=O) groups is 2. The quantitative estimate of drug-likeness (QED) is 0.0464. The Balaban J connectivity index is 1.24. The Hall–Kier alpha value is -5.07. The van der Waals surface area contributed by atoms with E-state index in [1.165, 1.54) is 0 Å². The molecule has 12 nitrogen and oxygen atoms in total. The molecule has 1 aromatic heterocycles. The van der Waals surface area contributed by atoms with E-state index in [-0.39, 0.29) is 17.4 Å². The summed E-state index contributed by atoms with van der Waals surface area (Å²) in [6.45, 7) is 4.52. The molecule has 1 amide bonds. The molecule has 12 heteroatoms. The summed E-state index contributed by atoms with van der Waals surface area (Å²) in [5, 5.41) is 21.9. The summed E-state index contributed by atoms with van der Waals surface area (Å²) >= 11 is 0. The van der Waals surface area contributed by atoms with E-state index in [4.69, 9.17) is 9.47 Å². The minimum Gasteiger partial charge on any atom is -0.508 e. The number of phenols is 1. The van der Waals surface area contributed by atoms with Crippen LogP contribution in [0, 0.1) is 0 Å². The molecule has 0 aliphatic rings. The van der Waals surface area contributed by atoms with E-state index >= 15 is 0 Å². The molecule has 0 radical (unpaired) electrons. The lowest BCUT2D eigenvalue weighted by Crippen LogP contribution is -2.27. The number of unbranched alkanes of at least 4 members (excludes halogenated alkanes) is 2. The number of aromatic nitrogens is 3. The fourth-order valence-corrected chi connectivity index (χ4v) is 4.27. The van der Waals surface area contributed by atoms with Gasteiger partial charge in [-0.1, -0.05) is 38.0 Å². The van der Waals surface area contributed by atoms with Crippen LogP contribution < -0.4 is 21.3 Å². The number of hydrogen-bond acceptors (Lipinski definition) is 11. The number of Topliss-reactive ketones (excluding diaryl/α,β-unsaturated/α-hetero) is 1. The van der Waals surface area contributed by atoms with Gasteiger partial charge in [0.2, 0.25) is 17.8 Å². The van der Waals surface area contributed by atoms with E-state index in [2.05, 4.69) is 43.1 Å². The summed E-state index contributed by atoms with van der Waals surface area (Å²) in [6, 6.07) is 22.8. The van der Waals surface area contributed by atoms with Gasteiger partial charge in [-0.25, -0.2) is 0 Å². The highest BCUT2D eigenvalue weighted by Gasteiger charge is 2.10. The third-order valence-electron chi connectivity index (χ3n) is 6.70. The van der Waals surface area contributed by atoms with Crippen molar-refractivity contribution >= 4 is 40.9 Å². The lowest BCUT2D eigenvalue weighted by Gasteiger charge is -2.12. The number of amides is 1. The summed E-state index contributed by atoms with van der Waals surface area (Å²) < 4.78 is 11.2. The third kappa shape index (κ3) is 11.8. The van der Waals surface area contributed by atoms with Crippen molar-refractivity contribution in [2.75, 3.05) is 55.5 Å². The standard InChI is InChI=1S/C34H41N7O5/c1-2-3-5-10-30(43)25-11-13-27(14-12-25)37-33-39-32(40-34(41-33)38-28-15-17-29(42)18-16-28)36-20-22-46-24-23-45-21-19-35-31(44)26-8-6-4-7-9-26/h4,6-9,11-18,42H,2-3,5,10,19-24H2,1H3,(H,35,44)(H3,36,37,38,39,40,41). The molecule has 3 aromatic carbocycles. The molecule has 0 unspecified atom stereocenters. The van der Waals surface area contributed by atoms with E-state index in [1.807, 2.05) is 30.3 Å². The van der Waals surface area contributed by atoms with Gasteiger partial charge in [-0.15, -0.1) is 0 Å². The summed E-state index contributed by atoms with van der Waals surface area (Å²) in [7, 11) is 0.